The van der Waals surface area contributed by atoms with Gasteiger partial charge in [0.05, 0.1) is 6.61 Å². The second-order valence-electron chi connectivity index (χ2n) is 4.81. The van der Waals surface area contributed by atoms with Crippen molar-refractivity contribution >= 4 is 17.9 Å². The predicted octanol–water partition coefficient (Wildman–Crippen LogP) is -1.98. The summed E-state index contributed by atoms with van der Waals surface area (Å²) in [7, 11) is 0. The van der Waals surface area contributed by atoms with Crippen LogP contribution in [0, 0.1) is 0 Å². The first kappa shape index (κ1) is 18.6. The maximum atomic E-state index is 12.2. The van der Waals surface area contributed by atoms with Gasteiger partial charge in [-0.2, -0.15) is 0 Å². The first-order valence-electron chi connectivity index (χ1n) is 6.93. The highest BCUT2D eigenvalue weighted by molar-refractivity contribution is 7.97. The molecule has 0 aromatic heterocycles. The van der Waals surface area contributed by atoms with Crippen molar-refractivity contribution in [2.45, 2.75) is 50.4 Å². The number of ether oxygens (including phenoxy) is 1. The highest BCUT2D eigenvalue weighted by Gasteiger charge is 2.47. The molecular weight excluding hydrogens is 300 g/mol. The van der Waals surface area contributed by atoms with Gasteiger partial charge in [-0.1, -0.05) is 6.92 Å². The lowest BCUT2D eigenvalue weighted by Crippen LogP contribution is -2.63. The Kier molecular flexibility index (Phi) is 7.88. The minimum absolute atomic E-state index is 0.243. The SMILES string of the molecule is CCCC(=O)N(SCCN)[C@H]1C(O)O[C@H](CO)[C@@H](O)[C@@H]1O. The molecule has 1 rings (SSSR count). The predicted molar refractivity (Wildman–Crippen MR) is 77.0 cm³/mol. The lowest BCUT2D eigenvalue weighted by Gasteiger charge is -2.44. The van der Waals surface area contributed by atoms with Crippen LogP contribution in [0.25, 0.3) is 0 Å². The molecule has 9 heteroatoms. The fourth-order valence-electron chi connectivity index (χ4n) is 2.14. The highest BCUT2D eigenvalue weighted by atomic mass is 32.2. The smallest absolute Gasteiger partial charge is 0.232 e. The molecule has 0 bridgehead atoms. The number of carbonyl (C=O) groups is 1. The van der Waals surface area contributed by atoms with Gasteiger partial charge < -0.3 is 30.9 Å². The average molecular weight is 324 g/mol. The molecule has 1 fully saturated rings. The molecule has 1 unspecified atom stereocenters. The molecule has 0 radical (unpaired) electrons. The minimum Gasteiger partial charge on any atom is -0.394 e. The largest absolute Gasteiger partial charge is 0.394 e. The number of nitrogens with two attached hydrogens (primary N) is 1. The zero-order chi connectivity index (χ0) is 16.0. The first-order valence-corrected chi connectivity index (χ1v) is 7.87. The van der Waals surface area contributed by atoms with Gasteiger partial charge in [0.25, 0.3) is 0 Å². The van der Waals surface area contributed by atoms with E-state index in [2.05, 4.69) is 0 Å². The van der Waals surface area contributed by atoms with E-state index in [0.717, 1.165) is 11.9 Å². The van der Waals surface area contributed by atoms with Crippen LogP contribution in [0.5, 0.6) is 0 Å². The van der Waals surface area contributed by atoms with Crippen LogP contribution in [0.2, 0.25) is 0 Å². The minimum atomic E-state index is -1.49. The van der Waals surface area contributed by atoms with Crippen LogP contribution >= 0.6 is 11.9 Å². The molecule has 0 aromatic rings. The number of aliphatic hydroxyl groups excluding tert-OH is 4. The standard InChI is InChI=1S/C12H24N2O6S/c1-2-3-8(16)14(21-5-4-13)9-11(18)10(17)7(6-15)20-12(9)19/h7,9-12,15,17-19H,2-6,13H2,1H3/t7-,9-,10-,11-,12?/m1/s1. The number of hydrogen-bond donors (Lipinski definition) is 5. The van der Waals surface area contributed by atoms with Crippen molar-refractivity contribution in [1.29, 1.82) is 0 Å². The van der Waals surface area contributed by atoms with E-state index < -0.39 is 37.3 Å². The van der Waals surface area contributed by atoms with Crippen LogP contribution in [0.3, 0.4) is 0 Å². The fraction of sp³-hybridized carbons (Fsp3) is 0.917. The van der Waals surface area contributed by atoms with E-state index in [4.69, 9.17) is 15.6 Å². The average Bonchev–Trinajstić information content (AvgIpc) is 2.46. The number of carbonyl (C=O) groups excluding carboxylic acids is 1. The van der Waals surface area contributed by atoms with Gasteiger partial charge in [-0.3, -0.25) is 9.10 Å². The summed E-state index contributed by atoms with van der Waals surface area (Å²) in [6, 6.07) is -1.11. The van der Waals surface area contributed by atoms with E-state index in [1.165, 1.54) is 4.31 Å². The lowest BCUT2D eigenvalue weighted by molar-refractivity contribution is -0.262. The second kappa shape index (κ2) is 8.89. The molecule has 124 valence electrons. The zero-order valence-electron chi connectivity index (χ0n) is 12.0. The molecule has 1 heterocycles. The number of amides is 1. The Morgan fingerprint density at radius 3 is 2.52 bits per heavy atom. The molecule has 5 atom stereocenters. The fourth-order valence-corrected chi connectivity index (χ4v) is 3.07. The van der Waals surface area contributed by atoms with Crippen molar-refractivity contribution in [3.63, 3.8) is 0 Å². The van der Waals surface area contributed by atoms with Crippen molar-refractivity contribution < 1.29 is 30.0 Å². The van der Waals surface area contributed by atoms with E-state index >= 15 is 0 Å². The van der Waals surface area contributed by atoms with Gasteiger partial charge >= 0.3 is 0 Å². The molecule has 6 N–H and O–H groups in total. The third-order valence-corrected chi connectivity index (χ3v) is 4.34. The third-order valence-electron chi connectivity index (χ3n) is 3.20. The van der Waals surface area contributed by atoms with Gasteiger partial charge in [0, 0.05) is 18.7 Å². The number of hydrogen-bond acceptors (Lipinski definition) is 8. The van der Waals surface area contributed by atoms with E-state index in [-0.39, 0.29) is 12.3 Å². The lowest BCUT2D eigenvalue weighted by atomic mass is 9.97. The van der Waals surface area contributed by atoms with Crippen molar-refractivity contribution in [2.24, 2.45) is 5.73 Å². The van der Waals surface area contributed by atoms with Gasteiger partial charge in [-0.15, -0.1) is 0 Å². The quantitative estimate of drug-likeness (QED) is 0.340. The van der Waals surface area contributed by atoms with Crippen LogP contribution in [0.4, 0.5) is 0 Å². The topological polar surface area (TPSA) is 136 Å². The maximum Gasteiger partial charge on any atom is 0.232 e. The van der Waals surface area contributed by atoms with Gasteiger partial charge in [-0.25, -0.2) is 0 Å². The van der Waals surface area contributed by atoms with Crippen LogP contribution in [-0.2, 0) is 9.53 Å². The summed E-state index contributed by atoms with van der Waals surface area (Å²) in [6.07, 6.45) is -4.54. The number of rotatable bonds is 7. The summed E-state index contributed by atoms with van der Waals surface area (Å²) in [5.41, 5.74) is 5.42. The first-order chi connectivity index (χ1) is 9.97. The molecule has 1 aliphatic rings. The summed E-state index contributed by atoms with van der Waals surface area (Å²) in [6.45, 7) is 1.62. The number of aliphatic hydroxyl groups is 4. The van der Waals surface area contributed by atoms with E-state index in [1.54, 1.807) is 0 Å². The normalized spacial score (nSPS) is 33.0. The monoisotopic (exact) mass is 324 g/mol. The van der Waals surface area contributed by atoms with Crippen molar-refractivity contribution in [3.8, 4) is 0 Å². The highest BCUT2D eigenvalue weighted by Crippen LogP contribution is 2.29. The maximum absolute atomic E-state index is 12.2. The van der Waals surface area contributed by atoms with Crippen LogP contribution < -0.4 is 5.73 Å². The van der Waals surface area contributed by atoms with Crippen molar-refractivity contribution in [3.05, 3.63) is 0 Å². The van der Waals surface area contributed by atoms with Crippen molar-refractivity contribution in [1.82, 2.24) is 4.31 Å². The molecule has 0 aliphatic carbocycles. The Bertz CT molecular complexity index is 335. The van der Waals surface area contributed by atoms with Crippen molar-refractivity contribution in [2.75, 3.05) is 18.9 Å². The van der Waals surface area contributed by atoms with Gasteiger partial charge in [0.15, 0.2) is 6.29 Å². The summed E-state index contributed by atoms with van der Waals surface area (Å²) in [5, 5.41) is 39.1. The van der Waals surface area contributed by atoms with Crippen LogP contribution in [-0.4, -0.2) is 80.2 Å². The number of nitrogens with zero attached hydrogens (tertiary/aromatic N) is 1. The van der Waals surface area contributed by atoms with Gasteiger partial charge in [-0.05, 0) is 18.4 Å². The summed E-state index contributed by atoms with van der Waals surface area (Å²) < 4.78 is 6.30. The van der Waals surface area contributed by atoms with Crippen LogP contribution in [0.1, 0.15) is 19.8 Å². The molecule has 1 aliphatic heterocycles. The molecule has 21 heavy (non-hydrogen) atoms. The van der Waals surface area contributed by atoms with Crippen LogP contribution in [0.15, 0.2) is 0 Å². The summed E-state index contributed by atoms with van der Waals surface area (Å²) in [4.78, 5) is 12.2. The Morgan fingerprint density at radius 1 is 1.33 bits per heavy atom. The Hall–Kier alpha value is -0.420. The Balaban J connectivity index is 2.91. The molecule has 1 saturated heterocycles. The van der Waals surface area contributed by atoms with E-state index in [1.807, 2.05) is 6.92 Å². The van der Waals surface area contributed by atoms with E-state index in [0.29, 0.717) is 18.7 Å². The Morgan fingerprint density at radius 2 is 2.00 bits per heavy atom. The molecule has 0 spiro atoms. The zero-order valence-corrected chi connectivity index (χ0v) is 12.8. The second-order valence-corrected chi connectivity index (χ2v) is 5.87. The van der Waals surface area contributed by atoms with E-state index in [9.17, 15) is 20.1 Å². The van der Waals surface area contributed by atoms with Gasteiger partial charge in [0.1, 0.15) is 24.4 Å². The van der Waals surface area contributed by atoms with Gasteiger partial charge in [0.2, 0.25) is 5.91 Å². The third kappa shape index (κ3) is 4.52. The molecular formula is C12H24N2O6S. The summed E-state index contributed by atoms with van der Waals surface area (Å²) in [5.74, 6) is 0.141. The summed E-state index contributed by atoms with van der Waals surface area (Å²) >= 11 is 1.08. The molecule has 1 amide bonds. The molecule has 0 aromatic carbocycles. The molecule has 8 nitrogen and oxygen atoms in total. The Labute approximate surface area is 128 Å². The molecule has 0 saturated carbocycles.